The second-order valence-electron chi connectivity index (χ2n) is 6.30. The van der Waals surface area contributed by atoms with Crippen LogP contribution in [-0.4, -0.2) is 4.98 Å². The van der Waals surface area contributed by atoms with Gasteiger partial charge in [0, 0.05) is 23.7 Å². The molecule has 2 aromatic rings. The van der Waals surface area contributed by atoms with Gasteiger partial charge in [-0.2, -0.15) is 0 Å². The van der Waals surface area contributed by atoms with Crippen molar-refractivity contribution in [3.8, 4) is 0 Å². The van der Waals surface area contributed by atoms with Crippen molar-refractivity contribution in [1.29, 1.82) is 0 Å². The lowest BCUT2D eigenvalue weighted by Gasteiger charge is -2.27. The summed E-state index contributed by atoms with van der Waals surface area (Å²) in [6, 6.07) is 1.60. The zero-order chi connectivity index (χ0) is 14.4. The molecular weight excluding hydrogens is 251 g/mol. The highest BCUT2D eigenvalue weighted by Gasteiger charge is 2.25. The van der Waals surface area contributed by atoms with Gasteiger partial charge in [-0.05, 0) is 54.4 Å². The minimum Gasteiger partial charge on any atom is -0.324 e. The SMILES string of the molecule is Cc1c(F)cc2ncc(CC(C)C)c3c2c1CC[C@@H]3N. The molecule has 0 unspecified atom stereocenters. The number of halogens is 1. The van der Waals surface area contributed by atoms with Crippen molar-refractivity contribution in [2.24, 2.45) is 11.7 Å². The molecule has 0 radical (unpaired) electrons. The summed E-state index contributed by atoms with van der Waals surface area (Å²) in [5.74, 6) is 0.405. The Morgan fingerprint density at radius 2 is 2.20 bits per heavy atom. The zero-order valence-electron chi connectivity index (χ0n) is 12.3. The van der Waals surface area contributed by atoms with Crippen LogP contribution in [0.2, 0.25) is 0 Å². The van der Waals surface area contributed by atoms with E-state index >= 15 is 0 Å². The molecule has 20 heavy (non-hydrogen) atoms. The Bertz CT molecular complexity index is 676. The van der Waals surface area contributed by atoms with Crippen LogP contribution >= 0.6 is 0 Å². The topological polar surface area (TPSA) is 38.9 Å². The number of nitrogens with zero attached hydrogens (tertiary/aromatic N) is 1. The number of aromatic nitrogens is 1. The van der Waals surface area contributed by atoms with Crippen LogP contribution in [0.5, 0.6) is 0 Å². The third-order valence-electron chi connectivity index (χ3n) is 4.31. The van der Waals surface area contributed by atoms with E-state index < -0.39 is 0 Å². The third-order valence-corrected chi connectivity index (χ3v) is 4.31. The van der Waals surface area contributed by atoms with Gasteiger partial charge >= 0.3 is 0 Å². The fourth-order valence-corrected chi connectivity index (χ4v) is 3.35. The van der Waals surface area contributed by atoms with E-state index in [4.69, 9.17) is 5.73 Å². The van der Waals surface area contributed by atoms with Gasteiger partial charge in [-0.25, -0.2) is 4.39 Å². The lowest BCUT2D eigenvalue weighted by atomic mass is 9.81. The van der Waals surface area contributed by atoms with E-state index in [1.807, 2.05) is 13.1 Å². The molecule has 1 aliphatic rings. The van der Waals surface area contributed by atoms with Crippen molar-refractivity contribution in [3.63, 3.8) is 0 Å². The van der Waals surface area contributed by atoms with E-state index in [9.17, 15) is 4.39 Å². The van der Waals surface area contributed by atoms with Crippen molar-refractivity contribution in [1.82, 2.24) is 4.98 Å². The van der Waals surface area contributed by atoms with Gasteiger partial charge in [-0.15, -0.1) is 0 Å². The van der Waals surface area contributed by atoms with Crippen LogP contribution in [-0.2, 0) is 12.8 Å². The minimum absolute atomic E-state index is 0.0478. The molecule has 2 N–H and O–H groups in total. The molecule has 0 spiro atoms. The lowest BCUT2D eigenvalue weighted by molar-refractivity contribution is 0.591. The highest BCUT2D eigenvalue weighted by atomic mass is 19.1. The fourth-order valence-electron chi connectivity index (χ4n) is 3.35. The second-order valence-corrected chi connectivity index (χ2v) is 6.30. The van der Waals surface area contributed by atoms with Crippen LogP contribution in [0.4, 0.5) is 4.39 Å². The van der Waals surface area contributed by atoms with E-state index in [1.54, 1.807) is 6.07 Å². The minimum atomic E-state index is -0.155. The monoisotopic (exact) mass is 272 g/mol. The summed E-state index contributed by atoms with van der Waals surface area (Å²) in [6.07, 6.45) is 4.60. The highest BCUT2D eigenvalue weighted by Crippen LogP contribution is 2.38. The molecular formula is C17H21FN2. The first-order valence-electron chi connectivity index (χ1n) is 7.34. The van der Waals surface area contributed by atoms with Crippen molar-refractivity contribution in [3.05, 3.63) is 40.3 Å². The van der Waals surface area contributed by atoms with Gasteiger partial charge in [-0.1, -0.05) is 13.8 Å². The molecule has 1 aromatic heterocycles. The maximum absolute atomic E-state index is 14.0. The number of aryl methyl sites for hydroxylation is 1. The molecule has 1 aromatic carbocycles. The van der Waals surface area contributed by atoms with E-state index in [0.717, 1.165) is 41.3 Å². The van der Waals surface area contributed by atoms with Gasteiger partial charge in [0.15, 0.2) is 0 Å². The molecule has 0 fully saturated rings. The van der Waals surface area contributed by atoms with Gasteiger partial charge in [0.1, 0.15) is 5.82 Å². The predicted molar refractivity (Wildman–Crippen MR) is 80.2 cm³/mol. The number of nitrogens with two attached hydrogens (primary N) is 1. The third kappa shape index (κ3) is 2.01. The molecule has 2 nitrogen and oxygen atoms in total. The van der Waals surface area contributed by atoms with Crippen LogP contribution < -0.4 is 5.73 Å². The quantitative estimate of drug-likeness (QED) is 0.902. The zero-order valence-corrected chi connectivity index (χ0v) is 12.3. The Labute approximate surface area is 119 Å². The van der Waals surface area contributed by atoms with Gasteiger partial charge in [0.2, 0.25) is 0 Å². The Kier molecular flexibility index (Phi) is 3.25. The number of pyridine rings is 1. The number of hydrogen-bond acceptors (Lipinski definition) is 2. The number of benzene rings is 1. The van der Waals surface area contributed by atoms with Gasteiger partial charge in [-0.3, -0.25) is 4.98 Å². The van der Waals surface area contributed by atoms with Gasteiger partial charge < -0.3 is 5.73 Å². The van der Waals surface area contributed by atoms with E-state index in [1.165, 1.54) is 11.1 Å². The molecule has 3 heteroatoms. The lowest BCUT2D eigenvalue weighted by Crippen LogP contribution is -2.20. The average Bonchev–Trinajstić information content (AvgIpc) is 2.39. The van der Waals surface area contributed by atoms with Gasteiger partial charge in [0.25, 0.3) is 0 Å². The first-order valence-corrected chi connectivity index (χ1v) is 7.34. The summed E-state index contributed by atoms with van der Waals surface area (Å²) in [7, 11) is 0. The molecule has 0 bridgehead atoms. The molecule has 3 rings (SSSR count). The normalized spacial score (nSPS) is 18.0. The Morgan fingerprint density at radius 3 is 2.90 bits per heavy atom. The van der Waals surface area contributed by atoms with Crippen molar-refractivity contribution < 1.29 is 4.39 Å². The summed E-state index contributed by atoms with van der Waals surface area (Å²) < 4.78 is 14.0. The summed E-state index contributed by atoms with van der Waals surface area (Å²) in [5.41, 5.74) is 11.4. The van der Waals surface area contributed by atoms with E-state index in [0.29, 0.717) is 5.92 Å². The standard InChI is InChI=1S/C17H21FN2/c1-9(2)6-11-8-20-15-7-13(18)10(3)12-4-5-14(19)16(11)17(12)15/h7-9,14H,4-6,19H2,1-3H3/t14-/m0/s1. The Hall–Kier alpha value is -1.48. The highest BCUT2D eigenvalue weighted by molar-refractivity contribution is 5.89. The first-order chi connectivity index (χ1) is 9.49. The maximum atomic E-state index is 14.0. The van der Waals surface area contributed by atoms with E-state index in [2.05, 4.69) is 18.8 Å². The Balaban J connectivity index is 2.35. The summed E-state index contributed by atoms with van der Waals surface area (Å²) in [6.45, 7) is 6.25. The van der Waals surface area contributed by atoms with Crippen LogP contribution in [0.15, 0.2) is 12.3 Å². The van der Waals surface area contributed by atoms with Crippen LogP contribution in [0.1, 0.15) is 48.6 Å². The Morgan fingerprint density at radius 1 is 1.45 bits per heavy atom. The molecule has 0 aliphatic heterocycles. The molecule has 0 amide bonds. The van der Waals surface area contributed by atoms with Crippen molar-refractivity contribution in [2.45, 2.75) is 46.1 Å². The summed E-state index contributed by atoms with van der Waals surface area (Å²) in [5, 5.41) is 1.11. The molecule has 106 valence electrons. The molecule has 1 atom stereocenters. The molecule has 0 saturated carbocycles. The number of hydrogen-bond donors (Lipinski definition) is 1. The molecule has 1 aliphatic carbocycles. The summed E-state index contributed by atoms with van der Waals surface area (Å²) >= 11 is 0. The summed E-state index contributed by atoms with van der Waals surface area (Å²) in [4.78, 5) is 4.48. The predicted octanol–water partition coefficient (Wildman–Crippen LogP) is 3.83. The van der Waals surface area contributed by atoms with Crippen LogP contribution in [0, 0.1) is 18.7 Å². The van der Waals surface area contributed by atoms with Crippen molar-refractivity contribution >= 4 is 10.9 Å². The van der Waals surface area contributed by atoms with Gasteiger partial charge in [0.05, 0.1) is 5.52 Å². The van der Waals surface area contributed by atoms with Crippen LogP contribution in [0.3, 0.4) is 0 Å². The average molecular weight is 272 g/mol. The second kappa shape index (κ2) is 4.81. The maximum Gasteiger partial charge on any atom is 0.128 e. The number of rotatable bonds is 2. The fraction of sp³-hybridized carbons (Fsp3) is 0.471. The van der Waals surface area contributed by atoms with Crippen LogP contribution in [0.25, 0.3) is 10.9 Å². The molecule has 0 saturated heterocycles. The first kappa shape index (κ1) is 13.5. The van der Waals surface area contributed by atoms with Crippen molar-refractivity contribution in [2.75, 3.05) is 0 Å². The largest absolute Gasteiger partial charge is 0.324 e. The smallest absolute Gasteiger partial charge is 0.128 e. The molecule has 1 heterocycles. The van der Waals surface area contributed by atoms with E-state index in [-0.39, 0.29) is 11.9 Å².